The predicted molar refractivity (Wildman–Crippen MR) is 109 cm³/mol. The summed E-state index contributed by atoms with van der Waals surface area (Å²) in [6.45, 7) is 3.30. The van der Waals surface area contributed by atoms with Crippen molar-refractivity contribution in [3.8, 4) is 0 Å². The Bertz CT molecular complexity index is 1040. The minimum atomic E-state index is -1.16. The molecule has 1 aliphatic heterocycles. The molecule has 0 radical (unpaired) electrons. The largest absolute Gasteiger partial charge is 0.463 e. The molecule has 0 spiro atoms. The molecule has 0 saturated carbocycles. The highest BCUT2D eigenvalue weighted by Gasteiger charge is 2.50. The monoisotopic (exact) mass is 463 g/mol. The van der Waals surface area contributed by atoms with E-state index in [2.05, 4.69) is 9.97 Å². The first kappa shape index (κ1) is 23.4. The maximum absolute atomic E-state index is 12.8. The second-order valence-electron chi connectivity index (χ2n) is 6.74. The van der Waals surface area contributed by atoms with Crippen molar-refractivity contribution in [2.75, 3.05) is 6.61 Å². The molecule has 12 heteroatoms. The third-order valence-electron chi connectivity index (χ3n) is 4.27. The number of carbonyl (C=O) groups is 3. The smallest absolute Gasteiger partial charge is 0.350 e. The van der Waals surface area contributed by atoms with Crippen molar-refractivity contribution in [1.29, 1.82) is 0 Å². The van der Waals surface area contributed by atoms with E-state index < -0.39 is 48.1 Å². The number of aromatic nitrogens is 3. The van der Waals surface area contributed by atoms with Gasteiger partial charge >= 0.3 is 23.6 Å². The van der Waals surface area contributed by atoms with Crippen LogP contribution in [0.15, 0.2) is 51.5 Å². The number of pyridine rings is 1. The van der Waals surface area contributed by atoms with E-state index in [4.69, 9.17) is 18.9 Å². The van der Waals surface area contributed by atoms with Crippen LogP contribution in [-0.2, 0) is 33.3 Å². The van der Waals surface area contributed by atoms with Gasteiger partial charge in [0.25, 0.3) is 0 Å². The number of nitrogens with zero attached hydrogens (tertiary/aromatic N) is 3. The van der Waals surface area contributed by atoms with Crippen molar-refractivity contribution in [2.24, 2.45) is 0 Å². The van der Waals surface area contributed by atoms with Gasteiger partial charge < -0.3 is 18.9 Å². The first-order chi connectivity index (χ1) is 15.2. The number of rotatable bonds is 7. The second-order valence-corrected chi connectivity index (χ2v) is 7.78. The van der Waals surface area contributed by atoms with Crippen LogP contribution in [0.4, 0.5) is 0 Å². The molecule has 0 bridgehead atoms. The SMILES string of the molecule is CC(=O)OC[C@H]1O[C@@H](n2ccc(Sc3ccccn3)nc2=O)[C@H](OC(C)=O)[C@@H]1OC(C)=O. The van der Waals surface area contributed by atoms with Crippen molar-refractivity contribution < 1.29 is 33.3 Å². The second kappa shape index (κ2) is 10.4. The Morgan fingerprint density at radius 2 is 1.75 bits per heavy atom. The van der Waals surface area contributed by atoms with Gasteiger partial charge in [-0.1, -0.05) is 6.07 Å². The lowest BCUT2D eigenvalue weighted by Gasteiger charge is -2.23. The van der Waals surface area contributed by atoms with Crippen molar-refractivity contribution in [3.63, 3.8) is 0 Å². The summed E-state index contributed by atoms with van der Waals surface area (Å²) >= 11 is 1.20. The van der Waals surface area contributed by atoms with Crippen LogP contribution in [0.2, 0.25) is 0 Å². The summed E-state index contributed by atoms with van der Waals surface area (Å²) in [7, 11) is 0. The summed E-state index contributed by atoms with van der Waals surface area (Å²) in [5.41, 5.74) is -0.678. The average molecular weight is 463 g/mol. The molecule has 3 rings (SSSR count). The Kier molecular flexibility index (Phi) is 7.59. The van der Waals surface area contributed by atoms with E-state index in [0.29, 0.717) is 10.1 Å². The van der Waals surface area contributed by atoms with Gasteiger partial charge in [0, 0.05) is 33.2 Å². The van der Waals surface area contributed by atoms with Crippen LogP contribution >= 0.6 is 11.8 Å². The number of hydrogen-bond acceptors (Lipinski definition) is 11. The van der Waals surface area contributed by atoms with Gasteiger partial charge in [0.05, 0.1) is 0 Å². The molecule has 0 N–H and O–H groups in total. The zero-order chi connectivity index (χ0) is 23.3. The molecule has 11 nitrogen and oxygen atoms in total. The summed E-state index contributed by atoms with van der Waals surface area (Å²) in [6, 6.07) is 6.94. The lowest BCUT2D eigenvalue weighted by Crippen LogP contribution is -2.41. The average Bonchev–Trinajstić information content (AvgIpc) is 3.03. The van der Waals surface area contributed by atoms with E-state index in [0.717, 1.165) is 4.57 Å². The molecule has 0 amide bonds. The van der Waals surface area contributed by atoms with Crippen molar-refractivity contribution in [3.05, 3.63) is 47.1 Å². The number of esters is 3. The van der Waals surface area contributed by atoms with Crippen LogP contribution in [-0.4, -0.2) is 57.4 Å². The molecule has 32 heavy (non-hydrogen) atoms. The zero-order valence-electron chi connectivity index (χ0n) is 17.5. The molecule has 1 aliphatic rings. The van der Waals surface area contributed by atoms with Crippen molar-refractivity contribution in [2.45, 2.75) is 55.4 Å². The highest BCUT2D eigenvalue weighted by Crippen LogP contribution is 2.34. The maximum Gasteiger partial charge on any atom is 0.350 e. The Morgan fingerprint density at radius 1 is 1.03 bits per heavy atom. The van der Waals surface area contributed by atoms with Gasteiger partial charge in [-0.2, -0.15) is 4.98 Å². The predicted octanol–water partition coefficient (Wildman–Crippen LogP) is 1.11. The van der Waals surface area contributed by atoms with E-state index in [1.54, 1.807) is 24.4 Å². The summed E-state index contributed by atoms with van der Waals surface area (Å²) in [4.78, 5) is 55.5. The van der Waals surface area contributed by atoms with Crippen LogP contribution in [0, 0.1) is 0 Å². The minimum Gasteiger partial charge on any atom is -0.463 e. The number of ether oxygens (including phenoxy) is 4. The molecule has 2 aromatic heterocycles. The fourth-order valence-electron chi connectivity index (χ4n) is 3.08. The van der Waals surface area contributed by atoms with Crippen LogP contribution in [0.1, 0.15) is 27.0 Å². The van der Waals surface area contributed by atoms with Gasteiger partial charge in [0.2, 0.25) is 0 Å². The Labute approximate surface area is 187 Å². The van der Waals surface area contributed by atoms with Crippen LogP contribution in [0.25, 0.3) is 0 Å². The van der Waals surface area contributed by atoms with Crippen molar-refractivity contribution >= 4 is 29.7 Å². The number of carbonyl (C=O) groups excluding carboxylic acids is 3. The van der Waals surface area contributed by atoms with E-state index in [1.165, 1.54) is 38.7 Å². The number of hydrogen-bond donors (Lipinski definition) is 0. The normalized spacial score (nSPS) is 22.2. The lowest BCUT2D eigenvalue weighted by molar-refractivity contribution is -0.166. The van der Waals surface area contributed by atoms with Gasteiger partial charge in [0.1, 0.15) is 22.8 Å². The maximum atomic E-state index is 12.8. The lowest BCUT2D eigenvalue weighted by atomic mass is 10.1. The molecule has 4 atom stereocenters. The fourth-order valence-corrected chi connectivity index (χ4v) is 3.81. The molecule has 0 aromatic carbocycles. The highest BCUT2D eigenvalue weighted by molar-refractivity contribution is 7.99. The molecular weight excluding hydrogens is 442 g/mol. The molecule has 0 aliphatic carbocycles. The molecule has 170 valence electrons. The first-order valence-electron chi connectivity index (χ1n) is 9.56. The van der Waals surface area contributed by atoms with E-state index >= 15 is 0 Å². The standard InChI is InChI=1S/C20H21N3O8S/c1-11(24)28-10-14-17(29-12(2)25)18(30-13(3)26)19(31-14)23-9-7-16(22-20(23)27)32-15-6-4-5-8-21-15/h4-9,14,17-19H,10H2,1-3H3/t14-,17-,18-,19-/m1/s1. The van der Waals surface area contributed by atoms with Crippen molar-refractivity contribution in [1.82, 2.24) is 14.5 Å². The molecular formula is C20H21N3O8S. The van der Waals surface area contributed by atoms with Gasteiger partial charge in [-0.3, -0.25) is 19.0 Å². The summed E-state index contributed by atoms with van der Waals surface area (Å²) in [5.74, 6) is -1.90. The Morgan fingerprint density at radius 3 is 2.34 bits per heavy atom. The Hall–Kier alpha value is -3.25. The first-order valence-corrected chi connectivity index (χ1v) is 10.4. The summed E-state index contributed by atoms with van der Waals surface area (Å²) in [6.07, 6.45) is -1.33. The van der Waals surface area contributed by atoms with Gasteiger partial charge in [0.15, 0.2) is 18.4 Å². The van der Waals surface area contributed by atoms with Gasteiger partial charge in [-0.25, -0.2) is 9.78 Å². The third-order valence-corrected chi connectivity index (χ3v) is 5.15. The quantitative estimate of drug-likeness (QED) is 0.332. The molecule has 2 aromatic rings. The molecule has 1 fully saturated rings. The third kappa shape index (κ3) is 5.92. The fraction of sp³-hybridized carbons (Fsp3) is 0.400. The van der Waals surface area contributed by atoms with E-state index in [-0.39, 0.29) is 6.61 Å². The van der Waals surface area contributed by atoms with Gasteiger partial charge in [-0.05, 0) is 30.0 Å². The van der Waals surface area contributed by atoms with E-state index in [9.17, 15) is 19.2 Å². The molecule has 0 unspecified atom stereocenters. The summed E-state index contributed by atoms with van der Waals surface area (Å²) < 4.78 is 22.6. The van der Waals surface area contributed by atoms with E-state index in [1.807, 2.05) is 6.07 Å². The minimum absolute atomic E-state index is 0.267. The highest BCUT2D eigenvalue weighted by atomic mass is 32.2. The topological polar surface area (TPSA) is 136 Å². The van der Waals surface area contributed by atoms with Crippen LogP contribution < -0.4 is 5.69 Å². The zero-order valence-corrected chi connectivity index (χ0v) is 18.3. The Balaban J connectivity index is 1.90. The van der Waals surface area contributed by atoms with Crippen LogP contribution in [0.5, 0.6) is 0 Å². The van der Waals surface area contributed by atoms with Gasteiger partial charge in [-0.15, -0.1) is 0 Å². The summed E-state index contributed by atoms with van der Waals surface area (Å²) in [5, 5.41) is 1.06. The molecule has 1 saturated heterocycles. The van der Waals surface area contributed by atoms with Crippen LogP contribution in [0.3, 0.4) is 0 Å². The molecule has 3 heterocycles.